The molecule has 2 heteroatoms. The van der Waals surface area contributed by atoms with Crippen LogP contribution in [-0.2, 0) is 0 Å². The fourth-order valence-corrected chi connectivity index (χ4v) is 6.96. The zero-order chi connectivity index (χ0) is 31.9. The molecule has 0 saturated heterocycles. The highest BCUT2D eigenvalue weighted by Gasteiger charge is 2.23. The number of benzene rings is 8. The SMILES string of the molecule is c1ccc(-c2ccc(N(c3ccc(-c4ccccc4)cc3)c3ccc(-c4ccccc4)c4c3oc3ccc5ccccc5c34)cc2)cc1. The summed E-state index contributed by atoms with van der Waals surface area (Å²) in [7, 11) is 0. The molecule has 0 amide bonds. The van der Waals surface area contributed by atoms with Crippen LogP contribution in [0.4, 0.5) is 17.1 Å². The van der Waals surface area contributed by atoms with Gasteiger partial charge >= 0.3 is 0 Å². The van der Waals surface area contributed by atoms with E-state index in [1.165, 1.54) is 33.0 Å². The Labute approximate surface area is 279 Å². The molecule has 226 valence electrons. The van der Waals surface area contributed by atoms with E-state index in [0.29, 0.717) is 0 Å². The van der Waals surface area contributed by atoms with Crippen LogP contribution in [0.2, 0.25) is 0 Å². The van der Waals surface area contributed by atoms with E-state index in [-0.39, 0.29) is 0 Å². The lowest BCUT2D eigenvalue weighted by Gasteiger charge is -2.26. The van der Waals surface area contributed by atoms with E-state index < -0.39 is 0 Å². The van der Waals surface area contributed by atoms with Gasteiger partial charge in [-0.25, -0.2) is 0 Å². The Morgan fingerprint density at radius 2 is 0.854 bits per heavy atom. The van der Waals surface area contributed by atoms with Gasteiger partial charge in [0.15, 0.2) is 5.58 Å². The third kappa shape index (κ3) is 4.83. The van der Waals surface area contributed by atoms with E-state index in [0.717, 1.165) is 50.1 Å². The first-order valence-corrected chi connectivity index (χ1v) is 16.4. The van der Waals surface area contributed by atoms with Gasteiger partial charge in [0, 0.05) is 22.1 Å². The maximum absolute atomic E-state index is 6.92. The quantitative estimate of drug-likeness (QED) is 0.185. The van der Waals surface area contributed by atoms with E-state index in [2.05, 4.69) is 193 Å². The van der Waals surface area contributed by atoms with Crippen molar-refractivity contribution in [1.29, 1.82) is 0 Å². The molecular formula is C46H31NO. The third-order valence-electron chi connectivity index (χ3n) is 9.28. The second-order valence-electron chi connectivity index (χ2n) is 12.1. The average Bonchev–Trinajstić information content (AvgIpc) is 3.57. The van der Waals surface area contributed by atoms with Crippen LogP contribution >= 0.6 is 0 Å². The van der Waals surface area contributed by atoms with Crippen molar-refractivity contribution in [2.24, 2.45) is 0 Å². The molecule has 0 radical (unpaired) electrons. The molecule has 0 aliphatic heterocycles. The first-order valence-electron chi connectivity index (χ1n) is 16.4. The molecule has 9 rings (SSSR count). The highest BCUT2D eigenvalue weighted by atomic mass is 16.3. The molecule has 0 spiro atoms. The molecule has 1 heterocycles. The third-order valence-corrected chi connectivity index (χ3v) is 9.28. The van der Waals surface area contributed by atoms with Gasteiger partial charge in [-0.05, 0) is 80.6 Å². The van der Waals surface area contributed by atoms with E-state index in [1.54, 1.807) is 0 Å². The summed E-state index contributed by atoms with van der Waals surface area (Å²) in [5.74, 6) is 0. The minimum atomic E-state index is 0.863. The van der Waals surface area contributed by atoms with Gasteiger partial charge < -0.3 is 9.32 Å². The van der Waals surface area contributed by atoms with Crippen LogP contribution in [0.15, 0.2) is 192 Å². The van der Waals surface area contributed by atoms with Gasteiger partial charge in [0.25, 0.3) is 0 Å². The molecule has 0 bridgehead atoms. The number of nitrogens with zero attached hydrogens (tertiary/aromatic N) is 1. The van der Waals surface area contributed by atoms with Crippen LogP contribution in [0.25, 0.3) is 66.1 Å². The molecule has 0 aliphatic carbocycles. The molecule has 9 aromatic rings. The van der Waals surface area contributed by atoms with Gasteiger partial charge in [0.2, 0.25) is 0 Å². The molecule has 0 fully saturated rings. The van der Waals surface area contributed by atoms with E-state index in [9.17, 15) is 0 Å². The number of anilines is 3. The summed E-state index contributed by atoms with van der Waals surface area (Å²) in [6, 6.07) is 66.7. The fourth-order valence-electron chi connectivity index (χ4n) is 6.96. The first kappa shape index (κ1) is 27.9. The molecular weight excluding hydrogens is 583 g/mol. The Bertz CT molecular complexity index is 2430. The standard InChI is InChI=1S/C46H31NO/c1-4-12-32(13-5-1)34-20-25-38(26-21-34)47(39-27-22-35(23-28-39)33-14-6-2-7-15-33)42-30-29-41(36-16-8-3-9-17-36)45-44-40-19-11-10-18-37(40)24-31-43(44)48-46(42)45/h1-31H. The van der Waals surface area contributed by atoms with Crippen molar-refractivity contribution in [3.05, 3.63) is 188 Å². The Kier molecular flexibility index (Phi) is 6.84. The molecule has 0 N–H and O–H groups in total. The summed E-state index contributed by atoms with van der Waals surface area (Å²) in [6.07, 6.45) is 0. The molecule has 0 unspecified atom stereocenters. The lowest BCUT2D eigenvalue weighted by atomic mass is 9.95. The minimum absolute atomic E-state index is 0.863. The largest absolute Gasteiger partial charge is 0.454 e. The Hall–Kier alpha value is -6.38. The lowest BCUT2D eigenvalue weighted by molar-refractivity contribution is 0.669. The predicted octanol–water partition coefficient (Wildman–Crippen LogP) is 13.2. The monoisotopic (exact) mass is 613 g/mol. The molecule has 0 saturated carbocycles. The van der Waals surface area contributed by atoms with Crippen molar-refractivity contribution in [3.63, 3.8) is 0 Å². The molecule has 1 aromatic heterocycles. The summed E-state index contributed by atoms with van der Waals surface area (Å²) >= 11 is 0. The molecule has 0 atom stereocenters. The lowest BCUT2D eigenvalue weighted by Crippen LogP contribution is -2.10. The van der Waals surface area contributed by atoms with Crippen LogP contribution in [-0.4, -0.2) is 0 Å². The van der Waals surface area contributed by atoms with Crippen molar-refractivity contribution >= 4 is 49.8 Å². The van der Waals surface area contributed by atoms with Gasteiger partial charge in [-0.15, -0.1) is 0 Å². The summed E-state index contributed by atoms with van der Waals surface area (Å²) in [4.78, 5) is 2.32. The van der Waals surface area contributed by atoms with Crippen LogP contribution in [0.5, 0.6) is 0 Å². The van der Waals surface area contributed by atoms with Gasteiger partial charge in [-0.2, -0.15) is 0 Å². The Morgan fingerprint density at radius 1 is 0.354 bits per heavy atom. The number of hydrogen-bond acceptors (Lipinski definition) is 2. The van der Waals surface area contributed by atoms with Gasteiger partial charge in [-0.3, -0.25) is 0 Å². The maximum Gasteiger partial charge on any atom is 0.160 e. The van der Waals surface area contributed by atoms with Gasteiger partial charge in [0.05, 0.1) is 5.69 Å². The second kappa shape index (κ2) is 11.8. The van der Waals surface area contributed by atoms with Gasteiger partial charge in [-0.1, -0.05) is 152 Å². The number of hydrogen-bond donors (Lipinski definition) is 0. The molecule has 0 aliphatic rings. The Morgan fingerprint density at radius 3 is 1.44 bits per heavy atom. The highest BCUT2D eigenvalue weighted by Crippen LogP contribution is 2.47. The number of fused-ring (bicyclic) bond motifs is 5. The molecule has 8 aromatic carbocycles. The first-order chi connectivity index (χ1) is 23.8. The highest BCUT2D eigenvalue weighted by molar-refractivity contribution is 6.25. The summed E-state index contributed by atoms with van der Waals surface area (Å²) < 4.78 is 6.92. The normalized spacial score (nSPS) is 11.3. The van der Waals surface area contributed by atoms with Crippen LogP contribution in [0.1, 0.15) is 0 Å². The van der Waals surface area contributed by atoms with Crippen molar-refractivity contribution in [2.75, 3.05) is 4.90 Å². The average molecular weight is 614 g/mol. The number of rotatable bonds is 6. The fraction of sp³-hybridized carbons (Fsp3) is 0. The van der Waals surface area contributed by atoms with E-state index in [1.807, 2.05) is 0 Å². The van der Waals surface area contributed by atoms with Crippen LogP contribution in [0.3, 0.4) is 0 Å². The van der Waals surface area contributed by atoms with Crippen molar-refractivity contribution < 1.29 is 4.42 Å². The topological polar surface area (TPSA) is 16.4 Å². The van der Waals surface area contributed by atoms with Crippen molar-refractivity contribution in [2.45, 2.75) is 0 Å². The predicted molar refractivity (Wildman–Crippen MR) is 202 cm³/mol. The molecule has 2 nitrogen and oxygen atoms in total. The van der Waals surface area contributed by atoms with E-state index >= 15 is 0 Å². The second-order valence-corrected chi connectivity index (χ2v) is 12.1. The summed E-state index contributed by atoms with van der Waals surface area (Å²) in [5.41, 5.74) is 11.9. The zero-order valence-electron chi connectivity index (χ0n) is 26.3. The van der Waals surface area contributed by atoms with Crippen molar-refractivity contribution in [1.82, 2.24) is 0 Å². The summed E-state index contributed by atoms with van der Waals surface area (Å²) in [6.45, 7) is 0. The molecule has 48 heavy (non-hydrogen) atoms. The Balaban J connectivity index is 1.30. The van der Waals surface area contributed by atoms with Crippen LogP contribution in [0, 0.1) is 0 Å². The number of furan rings is 1. The maximum atomic E-state index is 6.92. The van der Waals surface area contributed by atoms with Crippen LogP contribution < -0.4 is 4.90 Å². The summed E-state index contributed by atoms with van der Waals surface area (Å²) in [5, 5.41) is 4.65. The smallest absolute Gasteiger partial charge is 0.160 e. The zero-order valence-corrected chi connectivity index (χ0v) is 26.3. The minimum Gasteiger partial charge on any atom is -0.454 e. The van der Waals surface area contributed by atoms with Crippen molar-refractivity contribution in [3.8, 4) is 33.4 Å². The van der Waals surface area contributed by atoms with E-state index in [4.69, 9.17) is 4.42 Å². The van der Waals surface area contributed by atoms with Gasteiger partial charge in [0.1, 0.15) is 5.58 Å².